The lowest BCUT2D eigenvalue weighted by molar-refractivity contribution is 0.846. The van der Waals surface area contributed by atoms with Crippen molar-refractivity contribution in [2.75, 3.05) is 23.3 Å². The summed E-state index contributed by atoms with van der Waals surface area (Å²) in [6.07, 6.45) is 1.92. The summed E-state index contributed by atoms with van der Waals surface area (Å²) in [6, 6.07) is 10.6. The standard InChI is InChI=1S/C18H25N3/c1-5-21(6-2)18-11-10-16(12-20-18)19-13-17-14(3)8-7-9-15(17)4/h7-12,19H,5-6,13H2,1-4H3. The summed E-state index contributed by atoms with van der Waals surface area (Å²) in [5, 5.41) is 3.46. The highest BCUT2D eigenvalue weighted by molar-refractivity contribution is 5.49. The SMILES string of the molecule is CCN(CC)c1ccc(NCc2c(C)cccc2C)cn1. The Bertz CT molecular complexity index is 551. The molecule has 3 heteroatoms. The number of pyridine rings is 1. The minimum Gasteiger partial charge on any atom is -0.380 e. The normalized spacial score (nSPS) is 10.5. The Morgan fingerprint density at radius 1 is 1.00 bits per heavy atom. The quantitative estimate of drug-likeness (QED) is 0.863. The van der Waals surface area contributed by atoms with Gasteiger partial charge in [0.1, 0.15) is 5.82 Å². The topological polar surface area (TPSA) is 28.2 Å². The maximum absolute atomic E-state index is 4.54. The van der Waals surface area contributed by atoms with Crippen LogP contribution in [-0.4, -0.2) is 18.1 Å². The number of benzene rings is 1. The van der Waals surface area contributed by atoms with Gasteiger partial charge in [-0.3, -0.25) is 0 Å². The van der Waals surface area contributed by atoms with E-state index in [1.807, 2.05) is 6.20 Å². The lowest BCUT2D eigenvalue weighted by Gasteiger charge is -2.20. The van der Waals surface area contributed by atoms with Crippen molar-refractivity contribution < 1.29 is 0 Å². The Balaban J connectivity index is 2.04. The van der Waals surface area contributed by atoms with Crippen LogP contribution in [0, 0.1) is 13.8 Å². The lowest BCUT2D eigenvalue weighted by Crippen LogP contribution is -2.22. The average molecular weight is 283 g/mol. The predicted molar refractivity (Wildman–Crippen MR) is 91.0 cm³/mol. The number of rotatable bonds is 6. The van der Waals surface area contributed by atoms with Crippen LogP contribution in [0.15, 0.2) is 36.5 Å². The van der Waals surface area contributed by atoms with Crippen LogP contribution in [0.5, 0.6) is 0 Å². The molecule has 2 rings (SSSR count). The van der Waals surface area contributed by atoms with Gasteiger partial charge in [-0.15, -0.1) is 0 Å². The number of nitrogens with zero attached hydrogens (tertiary/aromatic N) is 2. The highest BCUT2D eigenvalue weighted by atomic mass is 15.2. The highest BCUT2D eigenvalue weighted by Gasteiger charge is 2.04. The first-order valence-electron chi connectivity index (χ1n) is 7.65. The van der Waals surface area contributed by atoms with E-state index in [1.165, 1.54) is 16.7 Å². The number of hydrogen-bond donors (Lipinski definition) is 1. The molecule has 0 radical (unpaired) electrons. The van der Waals surface area contributed by atoms with Gasteiger partial charge in [0.05, 0.1) is 11.9 Å². The molecule has 0 bridgehead atoms. The first kappa shape index (κ1) is 15.4. The first-order valence-corrected chi connectivity index (χ1v) is 7.65. The van der Waals surface area contributed by atoms with Crippen molar-refractivity contribution in [3.05, 3.63) is 53.2 Å². The molecule has 0 saturated heterocycles. The third-order valence-electron chi connectivity index (χ3n) is 3.95. The van der Waals surface area contributed by atoms with Crippen molar-refractivity contribution in [3.63, 3.8) is 0 Å². The van der Waals surface area contributed by atoms with E-state index in [4.69, 9.17) is 0 Å². The molecule has 0 saturated carbocycles. The number of aromatic nitrogens is 1. The fraction of sp³-hybridized carbons (Fsp3) is 0.389. The molecule has 2 aromatic rings. The Morgan fingerprint density at radius 2 is 1.67 bits per heavy atom. The molecule has 0 spiro atoms. The van der Waals surface area contributed by atoms with Crippen molar-refractivity contribution in [1.29, 1.82) is 0 Å². The van der Waals surface area contributed by atoms with E-state index in [2.05, 4.69) is 73.2 Å². The van der Waals surface area contributed by atoms with Crippen LogP contribution < -0.4 is 10.2 Å². The van der Waals surface area contributed by atoms with Crippen LogP contribution >= 0.6 is 0 Å². The monoisotopic (exact) mass is 283 g/mol. The molecule has 0 aliphatic heterocycles. The Kier molecular flexibility index (Phi) is 5.20. The largest absolute Gasteiger partial charge is 0.380 e. The summed E-state index contributed by atoms with van der Waals surface area (Å²) in [6.45, 7) is 11.4. The van der Waals surface area contributed by atoms with Crippen LogP contribution in [-0.2, 0) is 6.54 Å². The summed E-state index contributed by atoms with van der Waals surface area (Å²) in [4.78, 5) is 6.79. The molecule has 1 N–H and O–H groups in total. The summed E-state index contributed by atoms with van der Waals surface area (Å²) >= 11 is 0. The fourth-order valence-electron chi connectivity index (χ4n) is 2.54. The van der Waals surface area contributed by atoms with E-state index in [9.17, 15) is 0 Å². The molecule has 0 atom stereocenters. The van der Waals surface area contributed by atoms with Gasteiger partial charge in [-0.2, -0.15) is 0 Å². The zero-order chi connectivity index (χ0) is 15.2. The smallest absolute Gasteiger partial charge is 0.128 e. The lowest BCUT2D eigenvalue weighted by atomic mass is 10.0. The molecule has 3 nitrogen and oxygen atoms in total. The van der Waals surface area contributed by atoms with Gasteiger partial charge in [0.2, 0.25) is 0 Å². The molecule has 1 aromatic carbocycles. The molecular weight excluding hydrogens is 258 g/mol. The maximum atomic E-state index is 4.54. The summed E-state index contributed by atoms with van der Waals surface area (Å²) in [5.74, 6) is 1.04. The molecule has 0 unspecified atom stereocenters. The predicted octanol–water partition coefficient (Wildman–Crippen LogP) is 4.16. The van der Waals surface area contributed by atoms with Crippen LogP contribution in [0.2, 0.25) is 0 Å². The van der Waals surface area contributed by atoms with Crippen molar-refractivity contribution in [1.82, 2.24) is 4.98 Å². The number of nitrogens with one attached hydrogen (secondary N) is 1. The van der Waals surface area contributed by atoms with Gasteiger partial charge in [-0.25, -0.2) is 4.98 Å². The van der Waals surface area contributed by atoms with Gasteiger partial charge in [0.15, 0.2) is 0 Å². The third kappa shape index (κ3) is 3.75. The second-order valence-electron chi connectivity index (χ2n) is 5.30. The van der Waals surface area contributed by atoms with Crippen molar-refractivity contribution in [3.8, 4) is 0 Å². The average Bonchev–Trinajstić information content (AvgIpc) is 2.49. The molecule has 0 aliphatic rings. The third-order valence-corrected chi connectivity index (χ3v) is 3.95. The Hall–Kier alpha value is -2.03. The van der Waals surface area contributed by atoms with Gasteiger partial charge in [0, 0.05) is 19.6 Å². The number of anilines is 2. The van der Waals surface area contributed by atoms with E-state index >= 15 is 0 Å². The summed E-state index contributed by atoms with van der Waals surface area (Å²) < 4.78 is 0. The second-order valence-corrected chi connectivity index (χ2v) is 5.30. The van der Waals surface area contributed by atoms with Gasteiger partial charge >= 0.3 is 0 Å². The molecule has 0 amide bonds. The van der Waals surface area contributed by atoms with E-state index in [-0.39, 0.29) is 0 Å². The van der Waals surface area contributed by atoms with Crippen LogP contribution in [0.3, 0.4) is 0 Å². The van der Waals surface area contributed by atoms with Crippen LogP contribution in [0.1, 0.15) is 30.5 Å². The highest BCUT2D eigenvalue weighted by Crippen LogP contribution is 2.17. The maximum Gasteiger partial charge on any atom is 0.128 e. The van der Waals surface area contributed by atoms with Gasteiger partial charge in [-0.1, -0.05) is 18.2 Å². The van der Waals surface area contributed by atoms with Gasteiger partial charge in [0.25, 0.3) is 0 Å². The summed E-state index contributed by atoms with van der Waals surface area (Å²) in [5.41, 5.74) is 5.09. The minimum atomic E-state index is 0.838. The van der Waals surface area contributed by atoms with E-state index < -0.39 is 0 Å². The molecule has 1 aromatic heterocycles. The van der Waals surface area contributed by atoms with Gasteiger partial charge < -0.3 is 10.2 Å². The molecule has 0 fully saturated rings. The number of aryl methyl sites for hydroxylation is 2. The number of hydrogen-bond acceptors (Lipinski definition) is 3. The zero-order valence-electron chi connectivity index (χ0n) is 13.5. The van der Waals surface area contributed by atoms with E-state index in [1.54, 1.807) is 0 Å². The summed E-state index contributed by atoms with van der Waals surface area (Å²) in [7, 11) is 0. The van der Waals surface area contributed by atoms with E-state index in [0.717, 1.165) is 31.1 Å². The Morgan fingerprint density at radius 3 is 2.19 bits per heavy atom. The van der Waals surface area contributed by atoms with Crippen LogP contribution in [0.25, 0.3) is 0 Å². The molecule has 112 valence electrons. The van der Waals surface area contributed by atoms with Crippen molar-refractivity contribution in [2.24, 2.45) is 0 Å². The zero-order valence-corrected chi connectivity index (χ0v) is 13.5. The Labute approximate surface area is 128 Å². The van der Waals surface area contributed by atoms with Crippen LogP contribution in [0.4, 0.5) is 11.5 Å². The van der Waals surface area contributed by atoms with E-state index in [0.29, 0.717) is 0 Å². The molecule has 1 heterocycles. The second kappa shape index (κ2) is 7.11. The van der Waals surface area contributed by atoms with Crippen molar-refractivity contribution in [2.45, 2.75) is 34.2 Å². The fourth-order valence-corrected chi connectivity index (χ4v) is 2.54. The molecule has 0 aliphatic carbocycles. The molecular formula is C18H25N3. The molecule has 21 heavy (non-hydrogen) atoms. The minimum absolute atomic E-state index is 0.838. The van der Waals surface area contributed by atoms with Gasteiger partial charge in [-0.05, 0) is 56.5 Å². The van der Waals surface area contributed by atoms with Crippen molar-refractivity contribution >= 4 is 11.5 Å². The first-order chi connectivity index (χ1) is 10.2.